The number of aliphatic imine (C=N–C) groups is 1. The van der Waals surface area contributed by atoms with Crippen molar-refractivity contribution >= 4 is 11.6 Å². The topological polar surface area (TPSA) is 57.9 Å². The van der Waals surface area contributed by atoms with Crippen LogP contribution in [0, 0.1) is 0 Å². The Morgan fingerprint density at radius 3 is 2.62 bits per heavy atom. The maximum Gasteiger partial charge on any atom is 0.194 e. The standard InChI is InChI=1S/C25H32N6O/c1-3-27-25(28-18-21-7-6-8-22(17-21)19-29-12-11-26-20-29)31-15-13-30(14-16-31)23-9-4-5-10-24(23)32-2/h4-12,17,20H,3,13-16,18-19H2,1-2H3,(H,27,28). The van der Waals surface area contributed by atoms with E-state index in [9.17, 15) is 0 Å². The van der Waals surface area contributed by atoms with Crippen LogP contribution in [0.1, 0.15) is 18.1 Å². The SMILES string of the molecule is CCNC(=NCc1cccc(Cn2ccnc2)c1)N1CCN(c2ccccc2OC)CC1. The number of para-hydroxylation sites is 2. The Labute approximate surface area is 190 Å². The van der Waals surface area contributed by atoms with Crippen LogP contribution in [-0.2, 0) is 13.1 Å². The average Bonchev–Trinajstić information content (AvgIpc) is 3.35. The fourth-order valence-corrected chi connectivity index (χ4v) is 4.06. The molecule has 0 saturated carbocycles. The van der Waals surface area contributed by atoms with Crippen LogP contribution >= 0.6 is 0 Å². The molecule has 0 aliphatic carbocycles. The first-order chi connectivity index (χ1) is 15.8. The number of rotatable bonds is 7. The summed E-state index contributed by atoms with van der Waals surface area (Å²) in [5, 5.41) is 3.47. The number of benzene rings is 2. The number of aromatic nitrogens is 2. The minimum Gasteiger partial charge on any atom is -0.495 e. The van der Waals surface area contributed by atoms with Gasteiger partial charge in [-0.2, -0.15) is 0 Å². The molecule has 1 aliphatic rings. The largest absolute Gasteiger partial charge is 0.495 e. The zero-order valence-corrected chi connectivity index (χ0v) is 18.9. The first-order valence-corrected chi connectivity index (χ1v) is 11.2. The van der Waals surface area contributed by atoms with Gasteiger partial charge in [0.15, 0.2) is 5.96 Å². The van der Waals surface area contributed by atoms with Crippen LogP contribution in [0.5, 0.6) is 5.75 Å². The molecule has 1 fully saturated rings. The third-order valence-corrected chi connectivity index (χ3v) is 5.67. The fraction of sp³-hybridized carbons (Fsp3) is 0.360. The Bertz CT molecular complexity index is 1010. The van der Waals surface area contributed by atoms with Gasteiger partial charge in [0, 0.05) is 51.7 Å². The molecule has 4 rings (SSSR count). The van der Waals surface area contributed by atoms with Crippen molar-refractivity contribution in [2.45, 2.75) is 20.0 Å². The van der Waals surface area contributed by atoms with Crippen LogP contribution in [0.25, 0.3) is 0 Å². The highest BCUT2D eigenvalue weighted by Crippen LogP contribution is 2.28. The Balaban J connectivity index is 1.39. The molecule has 168 valence electrons. The highest BCUT2D eigenvalue weighted by atomic mass is 16.5. The van der Waals surface area contributed by atoms with Gasteiger partial charge in [-0.25, -0.2) is 9.98 Å². The molecule has 0 bridgehead atoms. The molecule has 1 aromatic heterocycles. The fourth-order valence-electron chi connectivity index (χ4n) is 4.06. The van der Waals surface area contributed by atoms with Gasteiger partial charge >= 0.3 is 0 Å². The molecule has 32 heavy (non-hydrogen) atoms. The van der Waals surface area contributed by atoms with Crippen molar-refractivity contribution in [2.24, 2.45) is 4.99 Å². The Morgan fingerprint density at radius 1 is 1.06 bits per heavy atom. The highest BCUT2D eigenvalue weighted by molar-refractivity contribution is 5.80. The van der Waals surface area contributed by atoms with E-state index in [0.717, 1.165) is 56.7 Å². The van der Waals surface area contributed by atoms with Gasteiger partial charge in [-0.15, -0.1) is 0 Å². The molecule has 0 unspecified atom stereocenters. The van der Waals surface area contributed by atoms with E-state index in [2.05, 4.69) is 68.0 Å². The molecule has 7 nitrogen and oxygen atoms in total. The molecule has 2 heterocycles. The summed E-state index contributed by atoms with van der Waals surface area (Å²) in [5.41, 5.74) is 3.63. The van der Waals surface area contributed by atoms with Gasteiger partial charge in [-0.1, -0.05) is 36.4 Å². The van der Waals surface area contributed by atoms with E-state index in [1.54, 1.807) is 7.11 Å². The van der Waals surface area contributed by atoms with Crippen LogP contribution in [0.3, 0.4) is 0 Å². The maximum absolute atomic E-state index is 5.55. The number of hydrogen-bond acceptors (Lipinski definition) is 4. The number of nitrogens with one attached hydrogen (secondary N) is 1. The third kappa shape index (κ3) is 5.41. The van der Waals surface area contributed by atoms with Crippen LogP contribution < -0.4 is 15.0 Å². The lowest BCUT2D eigenvalue weighted by atomic mass is 10.1. The second-order valence-electron chi connectivity index (χ2n) is 7.87. The smallest absolute Gasteiger partial charge is 0.194 e. The minimum absolute atomic E-state index is 0.660. The van der Waals surface area contributed by atoms with Gasteiger partial charge in [0.2, 0.25) is 0 Å². The number of nitrogens with zero attached hydrogens (tertiary/aromatic N) is 5. The third-order valence-electron chi connectivity index (χ3n) is 5.67. The van der Waals surface area contributed by atoms with Gasteiger partial charge in [0.05, 0.1) is 25.7 Å². The van der Waals surface area contributed by atoms with E-state index < -0.39 is 0 Å². The monoisotopic (exact) mass is 432 g/mol. The predicted octanol–water partition coefficient (Wildman–Crippen LogP) is 3.23. The average molecular weight is 433 g/mol. The first kappa shape index (κ1) is 21.7. The molecule has 1 N–H and O–H groups in total. The molecule has 0 amide bonds. The van der Waals surface area contributed by atoms with E-state index >= 15 is 0 Å². The molecular weight excluding hydrogens is 400 g/mol. The van der Waals surface area contributed by atoms with Crippen molar-refractivity contribution < 1.29 is 4.74 Å². The second-order valence-corrected chi connectivity index (χ2v) is 7.87. The van der Waals surface area contributed by atoms with E-state index in [1.165, 1.54) is 11.1 Å². The highest BCUT2D eigenvalue weighted by Gasteiger charge is 2.21. The van der Waals surface area contributed by atoms with Gasteiger partial charge in [-0.3, -0.25) is 0 Å². The molecule has 2 aromatic carbocycles. The number of anilines is 1. The van der Waals surface area contributed by atoms with E-state index in [-0.39, 0.29) is 0 Å². The van der Waals surface area contributed by atoms with Gasteiger partial charge in [0.25, 0.3) is 0 Å². The molecule has 0 radical (unpaired) electrons. The van der Waals surface area contributed by atoms with Gasteiger partial charge < -0.3 is 24.4 Å². The summed E-state index contributed by atoms with van der Waals surface area (Å²) in [6, 6.07) is 16.9. The Morgan fingerprint density at radius 2 is 1.88 bits per heavy atom. The van der Waals surface area contributed by atoms with E-state index in [0.29, 0.717) is 6.54 Å². The van der Waals surface area contributed by atoms with Crippen molar-refractivity contribution in [1.29, 1.82) is 0 Å². The van der Waals surface area contributed by atoms with Crippen molar-refractivity contribution in [3.63, 3.8) is 0 Å². The molecule has 0 atom stereocenters. The number of imidazole rings is 1. The van der Waals surface area contributed by atoms with Crippen molar-refractivity contribution in [2.75, 3.05) is 44.7 Å². The number of ether oxygens (including phenoxy) is 1. The number of piperazine rings is 1. The maximum atomic E-state index is 5.55. The van der Waals surface area contributed by atoms with Crippen molar-refractivity contribution in [1.82, 2.24) is 19.8 Å². The summed E-state index contributed by atoms with van der Waals surface area (Å²) in [5.74, 6) is 1.91. The lowest BCUT2D eigenvalue weighted by Gasteiger charge is -2.38. The Kier molecular flexibility index (Phi) is 7.27. The Hall–Kier alpha value is -3.48. The zero-order chi connectivity index (χ0) is 22.2. The molecule has 7 heteroatoms. The first-order valence-electron chi connectivity index (χ1n) is 11.2. The summed E-state index contributed by atoms with van der Waals surface area (Å²) in [4.78, 5) is 13.8. The number of hydrogen-bond donors (Lipinski definition) is 1. The van der Waals surface area contributed by atoms with E-state index in [4.69, 9.17) is 9.73 Å². The van der Waals surface area contributed by atoms with Gasteiger partial charge in [0.1, 0.15) is 5.75 Å². The van der Waals surface area contributed by atoms with Crippen molar-refractivity contribution in [3.8, 4) is 5.75 Å². The lowest BCUT2D eigenvalue weighted by molar-refractivity contribution is 0.367. The normalized spacial score (nSPS) is 14.5. The molecular formula is C25H32N6O. The molecule has 1 saturated heterocycles. The summed E-state index contributed by atoms with van der Waals surface area (Å²) in [7, 11) is 1.73. The lowest BCUT2D eigenvalue weighted by Crippen LogP contribution is -2.52. The van der Waals surface area contributed by atoms with E-state index in [1.807, 2.05) is 30.9 Å². The summed E-state index contributed by atoms with van der Waals surface area (Å²) in [6.07, 6.45) is 5.64. The zero-order valence-electron chi connectivity index (χ0n) is 18.9. The van der Waals surface area contributed by atoms with Crippen molar-refractivity contribution in [3.05, 3.63) is 78.4 Å². The van der Waals surface area contributed by atoms with Gasteiger partial charge in [-0.05, 0) is 30.2 Å². The molecule has 3 aromatic rings. The van der Waals surface area contributed by atoms with Crippen LogP contribution in [0.2, 0.25) is 0 Å². The van der Waals surface area contributed by atoms with Crippen LogP contribution in [0.15, 0.2) is 72.2 Å². The quantitative estimate of drug-likeness (QED) is 0.459. The number of guanidine groups is 1. The summed E-state index contributed by atoms with van der Waals surface area (Å²) < 4.78 is 7.62. The summed E-state index contributed by atoms with van der Waals surface area (Å²) >= 11 is 0. The predicted molar refractivity (Wildman–Crippen MR) is 129 cm³/mol. The van der Waals surface area contributed by atoms with Crippen LogP contribution in [-0.4, -0.2) is 60.2 Å². The molecule has 0 spiro atoms. The van der Waals surface area contributed by atoms with Crippen LogP contribution in [0.4, 0.5) is 5.69 Å². The summed E-state index contributed by atoms with van der Waals surface area (Å²) in [6.45, 7) is 8.17. The minimum atomic E-state index is 0.660. The number of methoxy groups -OCH3 is 1. The second kappa shape index (κ2) is 10.7. The molecule has 1 aliphatic heterocycles.